The van der Waals surface area contributed by atoms with Crippen molar-refractivity contribution in [2.45, 2.75) is 31.3 Å². The second-order valence-corrected chi connectivity index (χ2v) is 6.11. The minimum absolute atomic E-state index is 0.322. The zero-order valence-electron chi connectivity index (χ0n) is 14.5. The number of furan rings is 1. The van der Waals surface area contributed by atoms with Crippen LogP contribution in [-0.2, 0) is 4.79 Å². The first-order valence-corrected chi connectivity index (χ1v) is 8.39. The highest BCUT2D eigenvalue weighted by atomic mass is 16.5. The van der Waals surface area contributed by atoms with E-state index in [0.717, 1.165) is 18.4 Å². The van der Waals surface area contributed by atoms with Crippen molar-refractivity contribution in [2.75, 3.05) is 20.8 Å². The Kier molecular flexibility index (Phi) is 5.28. The van der Waals surface area contributed by atoms with Gasteiger partial charge in [-0.3, -0.25) is 9.69 Å². The average Bonchev–Trinajstić information content (AvgIpc) is 3.16. The summed E-state index contributed by atoms with van der Waals surface area (Å²) in [6.45, 7) is 0.692. The second-order valence-electron chi connectivity index (χ2n) is 6.11. The van der Waals surface area contributed by atoms with Gasteiger partial charge in [0.25, 0.3) is 0 Å². The summed E-state index contributed by atoms with van der Waals surface area (Å²) in [6, 6.07) is 8.41. The molecule has 2 atom stereocenters. The summed E-state index contributed by atoms with van der Waals surface area (Å²) in [5, 5.41) is 9.69. The van der Waals surface area contributed by atoms with Crippen LogP contribution in [0.15, 0.2) is 41.0 Å². The Morgan fingerprint density at radius 2 is 2.12 bits per heavy atom. The highest BCUT2D eigenvalue weighted by Crippen LogP contribution is 2.39. The molecule has 1 fully saturated rings. The number of piperidine rings is 1. The molecule has 1 N–H and O–H groups in total. The minimum Gasteiger partial charge on any atom is -0.497 e. The van der Waals surface area contributed by atoms with E-state index in [1.165, 1.54) is 0 Å². The molecule has 3 rings (SSSR count). The van der Waals surface area contributed by atoms with Crippen LogP contribution < -0.4 is 9.47 Å². The van der Waals surface area contributed by atoms with Gasteiger partial charge in [-0.1, -0.05) is 6.42 Å². The van der Waals surface area contributed by atoms with Crippen molar-refractivity contribution in [3.05, 3.63) is 47.9 Å². The standard InChI is InChI=1S/C19H23NO5/c1-23-13-8-9-14(17(12-13)24-2)18(16-7-5-11-25-16)20-10-4-3-6-15(20)19(21)22/h5,7-9,11-12,15,18H,3-4,6,10H2,1-2H3,(H,21,22). The monoisotopic (exact) mass is 345 g/mol. The predicted molar refractivity (Wildman–Crippen MR) is 92.1 cm³/mol. The summed E-state index contributed by atoms with van der Waals surface area (Å²) < 4.78 is 16.5. The maximum Gasteiger partial charge on any atom is 0.320 e. The number of likely N-dealkylation sites (tertiary alicyclic amines) is 1. The van der Waals surface area contributed by atoms with E-state index >= 15 is 0 Å². The van der Waals surface area contributed by atoms with Gasteiger partial charge >= 0.3 is 5.97 Å². The van der Waals surface area contributed by atoms with Gasteiger partial charge in [0.1, 0.15) is 23.3 Å². The lowest BCUT2D eigenvalue weighted by Gasteiger charge is -2.38. The quantitative estimate of drug-likeness (QED) is 0.866. The van der Waals surface area contributed by atoms with Gasteiger partial charge in [-0.05, 0) is 37.1 Å². The largest absolute Gasteiger partial charge is 0.497 e. The Balaban J connectivity index is 2.08. The first-order chi connectivity index (χ1) is 12.2. The van der Waals surface area contributed by atoms with E-state index in [1.807, 2.05) is 35.2 Å². The Labute approximate surface area is 147 Å². The maximum atomic E-state index is 11.8. The highest BCUT2D eigenvalue weighted by molar-refractivity contribution is 5.73. The van der Waals surface area contributed by atoms with Gasteiger partial charge in [0.2, 0.25) is 0 Å². The van der Waals surface area contributed by atoms with E-state index in [-0.39, 0.29) is 6.04 Å². The molecule has 0 saturated carbocycles. The number of benzene rings is 1. The summed E-state index contributed by atoms with van der Waals surface area (Å²) in [7, 11) is 3.20. The molecular weight excluding hydrogens is 322 g/mol. The number of carbonyl (C=O) groups is 1. The summed E-state index contributed by atoms with van der Waals surface area (Å²) in [5.74, 6) is 1.24. The smallest absolute Gasteiger partial charge is 0.320 e. The maximum absolute atomic E-state index is 11.8. The van der Waals surface area contributed by atoms with Crippen molar-refractivity contribution < 1.29 is 23.8 Å². The fourth-order valence-electron chi connectivity index (χ4n) is 3.51. The molecule has 1 saturated heterocycles. The minimum atomic E-state index is -0.802. The van der Waals surface area contributed by atoms with Crippen molar-refractivity contribution >= 4 is 5.97 Å². The van der Waals surface area contributed by atoms with Crippen molar-refractivity contribution in [1.29, 1.82) is 0 Å². The van der Waals surface area contributed by atoms with Crippen LogP contribution in [-0.4, -0.2) is 42.8 Å². The van der Waals surface area contributed by atoms with Gasteiger partial charge in [0.05, 0.1) is 26.5 Å². The first-order valence-electron chi connectivity index (χ1n) is 8.39. The third kappa shape index (κ3) is 3.49. The number of rotatable bonds is 6. The van der Waals surface area contributed by atoms with Crippen LogP contribution in [0, 0.1) is 0 Å². The molecular formula is C19H23NO5. The lowest BCUT2D eigenvalue weighted by Crippen LogP contribution is -2.46. The van der Waals surface area contributed by atoms with Crippen LogP contribution in [0.3, 0.4) is 0 Å². The summed E-state index contributed by atoms with van der Waals surface area (Å²) >= 11 is 0. The summed E-state index contributed by atoms with van der Waals surface area (Å²) in [5.41, 5.74) is 0.867. The number of ether oxygens (including phenoxy) is 2. The number of aliphatic carboxylic acids is 1. The number of carboxylic acids is 1. The van der Waals surface area contributed by atoms with E-state index in [1.54, 1.807) is 20.5 Å². The number of methoxy groups -OCH3 is 2. The molecule has 2 heterocycles. The molecule has 6 nitrogen and oxygen atoms in total. The van der Waals surface area contributed by atoms with Gasteiger partial charge in [0, 0.05) is 18.2 Å². The number of hydrogen-bond acceptors (Lipinski definition) is 5. The van der Waals surface area contributed by atoms with Crippen LogP contribution in [0.2, 0.25) is 0 Å². The molecule has 134 valence electrons. The van der Waals surface area contributed by atoms with Crippen LogP contribution in [0.1, 0.15) is 36.6 Å². The van der Waals surface area contributed by atoms with Crippen LogP contribution in [0.5, 0.6) is 11.5 Å². The SMILES string of the molecule is COc1ccc(C(c2ccco2)N2CCCCC2C(=O)O)c(OC)c1. The number of nitrogens with zero attached hydrogens (tertiary/aromatic N) is 1. The normalized spacial score (nSPS) is 19.4. The Morgan fingerprint density at radius 1 is 1.28 bits per heavy atom. The van der Waals surface area contributed by atoms with Crippen molar-refractivity contribution in [3.63, 3.8) is 0 Å². The second kappa shape index (κ2) is 7.61. The molecule has 1 aromatic carbocycles. The van der Waals surface area contributed by atoms with Crippen molar-refractivity contribution in [3.8, 4) is 11.5 Å². The Bertz CT molecular complexity index is 713. The zero-order valence-corrected chi connectivity index (χ0v) is 14.5. The highest BCUT2D eigenvalue weighted by Gasteiger charge is 2.37. The van der Waals surface area contributed by atoms with Gasteiger partial charge in [-0.15, -0.1) is 0 Å². The van der Waals surface area contributed by atoms with Gasteiger partial charge in [-0.2, -0.15) is 0 Å². The molecule has 1 aliphatic heterocycles. The number of carboxylic acid groups (broad SMARTS) is 1. The van der Waals surface area contributed by atoms with Crippen molar-refractivity contribution in [2.24, 2.45) is 0 Å². The average molecular weight is 345 g/mol. The molecule has 1 aromatic heterocycles. The predicted octanol–water partition coefficient (Wildman–Crippen LogP) is 3.33. The fraction of sp³-hybridized carbons (Fsp3) is 0.421. The zero-order chi connectivity index (χ0) is 17.8. The molecule has 25 heavy (non-hydrogen) atoms. The van der Waals surface area contributed by atoms with Crippen LogP contribution in [0.25, 0.3) is 0 Å². The third-order valence-electron chi connectivity index (χ3n) is 4.71. The molecule has 0 amide bonds. The topological polar surface area (TPSA) is 72.1 Å². The Morgan fingerprint density at radius 3 is 2.76 bits per heavy atom. The molecule has 6 heteroatoms. The lowest BCUT2D eigenvalue weighted by molar-refractivity contribution is -0.145. The van der Waals surface area contributed by atoms with Crippen molar-refractivity contribution in [1.82, 2.24) is 4.90 Å². The lowest BCUT2D eigenvalue weighted by atomic mass is 9.94. The van der Waals surface area contributed by atoms with Gasteiger partial charge < -0.3 is 19.0 Å². The van der Waals surface area contributed by atoms with Crippen LogP contribution in [0.4, 0.5) is 0 Å². The molecule has 0 bridgehead atoms. The fourth-order valence-corrected chi connectivity index (χ4v) is 3.51. The van der Waals surface area contributed by atoms with Gasteiger partial charge in [0.15, 0.2) is 0 Å². The van der Waals surface area contributed by atoms with E-state index < -0.39 is 12.0 Å². The molecule has 0 radical (unpaired) electrons. The molecule has 2 aromatic rings. The molecule has 1 aliphatic rings. The number of hydrogen-bond donors (Lipinski definition) is 1. The molecule has 2 unspecified atom stereocenters. The summed E-state index contributed by atoms with van der Waals surface area (Å²) in [4.78, 5) is 13.8. The summed E-state index contributed by atoms with van der Waals surface area (Å²) in [6.07, 6.45) is 4.11. The van der Waals surface area contributed by atoms with E-state index in [9.17, 15) is 9.90 Å². The van der Waals surface area contributed by atoms with Crippen LogP contribution >= 0.6 is 0 Å². The third-order valence-corrected chi connectivity index (χ3v) is 4.71. The molecule has 0 spiro atoms. The molecule has 0 aliphatic carbocycles. The van der Waals surface area contributed by atoms with E-state index in [0.29, 0.717) is 30.2 Å². The first kappa shape index (κ1) is 17.4. The Hall–Kier alpha value is -2.47. The van der Waals surface area contributed by atoms with E-state index in [4.69, 9.17) is 13.9 Å². The van der Waals surface area contributed by atoms with E-state index in [2.05, 4.69) is 0 Å². The van der Waals surface area contributed by atoms with Gasteiger partial charge in [-0.25, -0.2) is 0 Å².